The number of carbonyl (C=O) groups excluding carboxylic acids is 1. The van der Waals surface area contributed by atoms with Crippen LogP contribution in [0.3, 0.4) is 0 Å². The van der Waals surface area contributed by atoms with Crippen molar-refractivity contribution in [1.29, 1.82) is 0 Å². The van der Waals surface area contributed by atoms with Crippen LogP contribution in [0, 0.1) is 12.8 Å². The number of ether oxygens (including phenoxy) is 2. The molecule has 0 aromatic heterocycles. The van der Waals surface area contributed by atoms with E-state index in [1.54, 1.807) is 7.11 Å². The molecule has 4 heteroatoms. The van der Waals surface area contributed by atoms with E-state index in [0.29, 0.717) is 24.9 Å². The van der Waals surface area contributed by atoms with Crippen LogP contribution in [-0.4, -0.2) is 44.2 Å². The molecule has 1 aliphatic rings. The van der Waals surface area contributed by atoms with Gasteiger partial charge in [-0.2, -0.15) is 0 Å². The van der Waals surface area contributed by atoms with E-state index in [1.807, 2.05) is 17.0 Å². The van der Waals surface area contributed by atoms with Gasteiger partial charge in [-0.25, -0.2) is 0 Å². The molecule has 1 amide bonds. The lowest BCUT2D eigenvalue weighted by Crippen LogP contribution is -2.41. The van der Waals surface area contributed by atoms with E-state index in [0.717, 1.165) is 57.6 Å². The van der Waals surface area contributed by atoms with Crippen molar-refractivity contribution in [3.63, 3.8) is 0 Å². The van der Waals surface area contributed by atoms with E-state index in [2.05, 4.69) is 19.1 Å². The number of nitrogens with zero attached hydrogens (tertiary/aromatic N) is 1. The first-order valence-electron chi connectivity index (χ1n) is 9.15. The van der Waals surface area contributed by atoms with Crippen LogP contribution in [0.15, 0.2) is 24.3 Å². The Morgan fingerprint density at radius 1 is 1.21 bits per heavy atom. The standard InChI is InChI=1S/C20H31NO3/c1-17-9-11-19(12-10-17)24-16-18-7-6-13-21(15-18)20(22)8-4-3-5-14-23-2/h9-12,18H,3-8,13-16H2,1-2H3/t18-/m0/s1. The van der Waals surface area contributed by atoms with Crippen molar-refractivity contribution in [2.75, 3.05) is 33.4 Å². The molecule has 0 spiro atoms. The first kappa shape index (κ1) is 18.8. The maximum absolute atomic E-state index is 12.3. The van der Waals surface area contributed by atoms with Gasteiger partial charge in [-0.3, -0.25) is 4.79 Å². The number of unbranched alkanes of at least 4 members (excludes halogenated alkanes) is 2. The first-order chi connectivity index (χ1) is 11.7. The summed E-state index contributed by atoms with van der Waals surface area (Å²) in [5, 5.41) is 0. The van der Waals surface area contributed by atoms with Gasteiger partial charge < -0.3 is 14.4 Å². The molecule has 1 aliphatic heterocycles. The molecule has 0 N–H and O–H groups in total. The smallest absolute Gasteiger partial charge is 0.222 e. The van der Waals surface area contributed by atoms with Crippen LogP contribution in [0.25, 0.3) is 0 Å². The third-order valence-corrected chi connectivity index (χ3v) is 4.62. The summed E-state index contributed by atoms with van der Waals surface area (Å²) >= 11 is 0. The first-order valence-corrected chi connectivity index (χ1v) is 9.15. The second kappa shape index (κ2) is 10.3. The highest BCUT2D eigenvalue weighted by molar-refractivity contribution is 5.76. The van der Waals surface area contributed by atoms with Crippen molar-refractivity contribution in [3.05, 3.63) is 29.8 Å². The third-order valence-electron chi connectivity index (χ3n) is 4.62. The third kappa shape index (κ3) is 6.52. The van der Waals surface area contributed by atoms with Crippen LogP contribution >= 0.6 is 0 Å². The molecule has 1 aromatic carbocycles. The molecule has 1 fully saturated rings. The zero-order chi connectivity index (χ0) is 17.2. The quantitative estimate of drug-likeness (QED) is 0.645. The SMILES string of the molecule is COCCCCCC(=O)N1CCC[C@H](COc2ccc(C)cc2)C1. The summed E-state index contributed by atoms with van der Waals surface area (Å²) in [6.07, 6.45) is 5.95. The molecular weight excluding hydrogens is 302 g/mol. The Morgan fingerprint density at radius 2 is 2.00 bits per heavy atom. The lowest BCUT2D eigenvalue weighted by atomic mass is 9.98. The summed E-state index contributed by atoms with van der Waals surface area (Å²) in [5.74, 6) is 1.66. The van der Waals surface area contributed by atoms with Crippen molar-refractivity contribution in [2.45, 2.75) is 45.4 Å². The monoisotopic (exact) mass is 333 g/mol. The molecule has 4 nitrogen and oxygen atoms in total. The summed E-state index contributed by atoms with van der Waals surface area (Å²) in [6.45, 7) is 5.29. The molecule has 0 aliphatic carbocycles. The van der Waals surface area contributed by atoms with Crippen molar-refractivity contribution in [3.8, 4) is 5.75 Å². The van der Waals surface area contributed by atoms with E-state index >= 15 is 0 Å². The van der Waals surface area contributed by atoms with Gasteiger partial charge in [0.25, 0.3) is 0 Å². The van der Waals surface area contributed by atoms with Crippen molar-refractivity contribution in [1.82, 2.24) is 4.90 Å². The van der Waals surface area contributed by atoms with Gasteiger partial charge in [0.05, 0.1) is 6.61 Å². The zero-order valence-electron chi connectivity index (χ0n) is 15.1. The number of rotatable bonds is 9. The van der Waals surface area contributed by atoms with Gasteiger partial charge in [0.1, 0.15) is 5.75 Å². The highest BCUT2D eigenvalue weighted by Gasteiger charge is 2.23. The van der Waals surface area contributed by atoms with Crippen LogP contribution in [0.4, 0.5) is 0 Å². The Hall–Kier alpha value is -1.55. The molecule has 1 aromatic rings. The van der Waals surface area contributed by atoms with Gasteiger partial charge >= 0.3 is 0 Å². The van der Waals surface area contributed by atoms with E-state index in [1.165, 1.54) is 5.56 Å². The van der Waals surface area contributed by atoms with Crippen molar-refractivity contribution >= 4 is 5.91 Å². The zero-order valence-corrected chi connectivity index (χ0v) is 15.1. The highest BCUT2D eigenvalue weighted by atomic mass is 16.5. The number of carbonyl (C=O) groups is 1. The number of piperidine rings is 1. The van der Waals surface area contributed by atoms with Crippen LogP contribution < -0.4 is 4.74 Å². The summed E-state index contributed by atoms with van der Waals surface area (Å²) < 4.78 is 10.9. The highest BCUT2D eigenvalue weighted by Crippen LogP contribution is 2.20. The van der Waals surface area contributed by atoms with Crippen molar-refractivity contribution < 1.29 is 14.3 Å². The van der Waals surface area contributed by atoms with Gasteiger partial charge in [0.2, 0.25) is 5.91 Å². The van der Waals surface area contributed by atoms with E-state index < -0.39 is 0 Å². The minimum absolute atomic E-state index is 0.299. The topological polar surface area (TPSA) is 38.8 Å². The minimum Gasteiger partial charge on any atom is -0.493 e. The molecule has 0 radical (unpaired) electrons. The fourth-order valence-corrected chi connectivity index (χ4v) is 3.13. The average molecular weight is 333 g/mol. The Bertz CT molecular complexity index is 486. The largest absolute Gasteiger partial charge is 0.493 e. The number of aryl methyl sites for hydroxylation is 1. The fourth-order valence-electron chi connectivity index (χ4n) is 3.13. The molecule has 1 saturated heterocycles. The summed E-state index contributed by atoms with van der Waals surface area (Å²) in [6, 6.07) is 8.16. The number of likely N-dealkylation sites (tertiary alicyclic amines) is 1. The van der Waals surface area contributed by atoms with Crippen LogP contribution in [-0.2, 0) is 9.53 Å². The molecule has 24 heavy (non-hydrogen) atoms. The van der Waals surface area contributed by atoms with Crippen LogP contribution in [0.1, 0.15) is 44.1 Å². The average Bonchev–Trinajstić information content (AvgIpc) is 2.61. The Kier molecular flexibility index (Phi) is 8.10. The molecule has 2 rings (SSSR count). The van der Waals surface area contributed by atoms with E-state index in [4.69, 9.17) is 9.47 Å². The number of hydrogen-bond acceptors (Lipinski definition) is 3. The number of methoxy groups -OCH3 is 1. The Labute approximate surface area is 146 Å². The van der Waals surface area contributed by atoms with Gasteiger partial charge in [-0.1, -0.05) is 24.1 Å². The fraction of sp³-hybridized carbons (Fsp3) is 0.650. The van der Waals surface area contributed by atoms with Crippen molar-refractivity contribution in [2.24, 2.45) is 5.92 Å². The van der Waals surface area contributed by atoms with Gasteiger partial charge in [0, 0.05) is 39.1 Å². The van der Waals surface area contributed by atoms with Crippen LogP contribution in [0.2, 0.25) is 0 Å². The molecule has 0 bridgehead atoms. The number of hydrogen-bond donors (Lipinski definition) is 0. The normalized spacial score (nSPS) is 17.8. The maximum atomic E-state index is 12.3. The minimum atomic E-state index is 0.299. The molecule has 0 unspecified atom stereocenters. The maximum Gasteiger partial charge on any atom is 0.222 e. The van der Waals surface area contributed by atoms with Gasteiger partial charge in [-0.05, 0) is 44.7 Å². The second-order valence-corrected chi connectivity index (χ2v) is 6.78. The second-order valence-electron chi connectivity index (χ2n) is 6.78. The van der Waals surface area contributed by atoms with Gasteiger partial charge in [-0.15, -0.1) is 0 Å². The predicted molar refractivity (Wildman–Crippen MR) is 96.3 cm³/mol. The Morgan fingerprint density at radius 3 is 2.75 bits per heavy atom. The lowest BCUT2D eigenvalue weighted by Gasteiger charge is -2.32. The molecule has 134 valence electrons. The van der Waals surface area contributed by atoms with E-state index in [9.17, 15) is 4.79 Å². The summed E-state index contributed by atoms with van der Waals surface area (Å²) in [7, 11) is 1.72. The van der Waals surface area contributed by atoms with E-state index in [-0.39, 0.29) is 0 Å². The predicted octanol–water partition coefficient (Wildman–Crippen LogP) is 3.82. The molecule has 0 saturated carbocycles. The lowest BCUT2D eigenvalue weighted by molar-refractivity contribution is -0.133. The summed E-state index contributed by atoms with van der Waals surface area (Å²) in [4.78, 5) is 14.4. The molecule has 1 heterocycles. The summed E-state index contributed by atoms with van der Waals surface area (Å²) in [5.41, 5.74) is 1.24. The Balaban J connectivity index is 1.68. The number of amides is 1. The number of benzene rings is 1. The van der Waals surface area contributed by atoms with Gasteiger partial charge in [0.15, 0.2) is 0 Å². The van der Waals surface area contributed by atoms with Crippen LogP contribution in [0.5, 0.6) is 5.75 Å². The molecular formula is C20H31NO3. The molecule has 1 atom stereocenters.